The lowest BCUT2D eigenvalue weighted by atomic mass is 9.88. The van der Waals surface area contributed by atoms with Crippen LogP contribution in [0.25, 0.3) is 111 Å². The van der Waals surface area contributed by atoms with Crippen molar-refractivity contribution in [1.82, 2.24) is 9.97 Å². The summed E-state index contributed by atoms with van der Waals surface area (Å²) in [5, 5.41) is 5.10. The second-order valence-corrected chi connectivity index (χ2v) is 14.5. The van der Waals surface area contributed by atoms with E-state index in [0.717, 1.165) is 33.6 Å². The molecule has 0 amide bonds. The van der Waals surface area contributed by atoms with E-state index in [-0.39, 0.29) is 0 Å². The summed E-state index contributed by atoms with van der Waals surface area (Å²) in [6, 6.07) is 74.0. The lowest BCUT2D eigenvalue weighted by Crippen LogP contribution is -1.96. The first-order valence-corrected chi connectivity index (χ1v) is 19.2. The van der Waals surface area contributed by atoms with E-state index in [2.05, 4.69) is 182 Å². The predicted octanol–water partition coefficient (Wildman–Crippen LogP) is 14.4. The van der Waals surface area contributed by atoms with E-state index >= 15 is 0 Å². The average Bonchev–Trinajstić information content (AvgIpc) is 3.61. The molecule has 1 aromatic heterocycles. The van der Waals surface area contributed by atoms with Gasteiger partial charge in [0, 0.05) is 16.7 Å². The highest BCUT2D eigenvalue weighted by Gasteiger charge is 2.22. The molecule has 0 atom stereocenters. The number of rotatable bonds is 6. The highest BCUT2D eigenvalue weighted by Crippen LogP contribution is 2.49. The van der Waals surface area contributed by atoms with Gasteiger partial charge in [-0.3, -0.25) is 0 Å². The molecule has 260 valence electrons. The first kappa shape index (κ1) is 32.0. The number of hydrogen-bond donors (Lipinski definition) is 0. The van der Waals surface area contributed by atoms with Gasteiger partial charge in [-0.25, -0.2) is 9.97 Å². The monoisotopic (exact) mass is 710 g/mol. The maximum atomic E-state index is 5.08. The summed E-state index contributed by atoms with van der Waals surface area (Å²) in [4.78, 5) is 10.1. The summed E-state index contributed by atoms with van der Waals surface area (Å²) < 4.78 is 0. The molecule has 0 bridgehead atoms. The fraction of sp³-hybridized carbons (Fsp3) is 0. The van der Waals surface area contributed by atoms with Crippen molar-refractivity contribution in [3.05, 3.63) is 206 Å². The van der Waals surface area contributed by atoms with Crippen LogP contribution in [-0.4, -0.2) is 9.97 Å². The Bertz CT molecular complexity index is 3010. The Morgan fingerprint density at radius 2 is 0.750 bits per heavy atom. The molecule has 0 N–H and O–H groups in total. The first-order chi connectivity index (χ1) is 27.8. The van der Waals surface area contributed by atoms with Gasteiger partial charge < -0.3 is 0 Å². The Morgan fingerprint density at radius 1 is 0.268 bits per heavy atom. The molecular formula is C54H34N2. The van der Waals surface area contributed by atoms with Crippen LogP contribution >= 0.6 is 0 Å². The molecule has 10 aromatic rings. The van der Waals surface area contributed by atoms with Gasteiger partial charge >= 0.3 is 0 Å². The smallest absolute Gasteiger partial charge is 0.160 e. The van der Waals surface area contributed by atoms with Gasteiger partial charge in [0.05, 0.1) is 11.4 Å². The van der Waals surface area contributed by atoms with E-state index in [0.29, 0.717) is 5.82 Å². The first-order valence-electron chi connectivity index (χ1n) is 19.2. The Balaban J connectivity index is 0.991. The van der Waals surface area contributed by atoms with Crippen LogP contribution in [0.3, 0.4) is 0 Å². The molecule has 9 aromatic carbocycles. The molecule has 56 heavy (non-hydrogen) atoms. The van der Waals surface area contributed by atoms with Gasteiger partial charge in [0.1, 0.15) is 0 Å². The number of nitrogens with zero attached hydrogens (tertiary/aromatic N) is 2. The molecule has 0 unspecified atom stereocenters. The van der Waals surface area contributed by atoms with Gasteiger partial charge in [-0.05, 0) is 83.2 Å². The summed E-state index contributed by atoms with van der Waals surface area (Å²) in [5.74, 6) is 0.716. The number of fused-ring (bicyclic) bond motifs is 4. The van der Waals surface area contributed by atoms with Crippen molar-refractivity contribution in [3.63, 3.8) is 0 Å². The van der Waals surface area contributed by atoms with Crippen LogP contribution in [0.2, 0.25) is 0 Å². The van der Waals surface area contributed by atoms with Crippen LogP contribution in [0.1, 0.15) is 0 Å². The van der Waals surface area contributed by atoms with Crippen molar-refractivity contribution in [2.75, 3.05) is 0 Å². The highest BCUT2D eigenvalue weighted by atomic mass is 14.9. The van der Waals surface area contributed by atoms with Crippen LogP contribution in [0.5, 0.6) is 0 Å². The van der Waals surface area contributed by atoms with E-state index in [1.807, 2.05) is 24.3 Å². The second-order valence-electron chi connectivity index (χ2n) is 14.5. The molecule has 1 aliphatic rings. The number of benzene rings is 9. The fourth-order valence-corrected chi connectivity index (χ4v) is 8.59. The van der Waals surface area contributed by atoms with E-state index < -0.39 is 0 Å². The lowest BCUT2D eigenvalue weighted by molar-refractivity contribution is 1.18. The van der Waals surface area contributed by atoms with Crippen LogP contribution in [0.4, 0.5) is 0 Å². The Hall–Kier alpha value is -7.42. The summed E-state index contributed by atoms with van der Waals surface area (Å²) in [7, 11) is 0. The predicted molar refractivity (Wildman–Crippen MR) is 234 cm³/mol. The van der Waals surface area contributed by atoms with Crippen LogP contribution in [0, 0.1) is 0 Å². The Morgan fingerprint density at radius 3 is 1.46 bits per heavy atom. The van der Waals surface area contributed by atoms with Gasteiger partial charge in [0.15, 0.2) is 5.82 Å². The average molecular weight is 711 g/mol. The van der Waals surface area contributed by atoms with Crippen LogP contribution in [0.15, 0.2) is 206 Å². The molecular weight excluding hydrogens is 677 g/mol. The van der Waals surface area contributed by atoms with Crippen molar-refractivity contribution in [2.24, 2.45) is 0 Å². The second kappa shape index (κ2) is 13.2. The molecule has 0 fully saturated rings. The van der Waals surface area contributed by atoms with Crippen molar-refractivity contribution >= 4 is 21.5 Å². The minimum atomic E-state index is 0.716. The third-order valence-corrected chi connectivity index (χ3v) is 11.3. The summed E-state index contributed by atoms with van der Waals surface area (Å²) >= 11 is 0. The van der Waals surface area contributed by atoms with Crippen LogP contribution in [-0.2, 0) is 0 Å². The Labute approximate surface area is 326 Å². The lowest BCUT2D eigenvalue weighted by Gasteiger charge is -2.16. The molecule has 0 radical (unpaired) electrons. The van der Waals surface area contributed by atoms with E-state index in [9.17, 15) is 0 Å². The zero-order valence-electron chi connectivity index (χ0n) is 30.5. The zero-order chi connectivity index (χ0) is 37.0. The molecule has 1 heterocycles. The molecule has 0 saturated carbocycles. The fourth-order valence-electron chi connectivity index (χ4n) is 8.59. The quantitative estimate of drug-likeness (QED) is 0.172. The summed E-state index contributed by atoms with van der Waals surface area (Å²) in [6.07, 6.45) is 0. The van der Waals surface area contributed by atoms with E-state index in [4.69, 9.17) is 9.97 Å². The maximum Gasteiger partial charge on any atom is 0.160 e. The molecule has 1 aliphatic carbocycles. The minimum absolute atomic E-state index is 0.716. The topological polar surface area (TPSA) is 25.8 Å². The van der Waals surface area contributed by atoms with E-state index in [1.54, 1.807) is 0 Å². The minimum Gasteiger partial charge on any atom is -0.228 e. The van der Waals surface area contributed by atoms with Crippen molar-refractivity contribution in [3.8, 4) is 89.5 Å². The van der Waals surface area contributed by atoms with Crippen molar-refractivity contribution < 1.29 is 0 Å². The summed E-state index contributed by atoms with van der Waals surface area (Å²) in [6.45, 7) is 0. The molecule has 2 heteroatoms. The van der Waals surface area contributed by atoms with Gasteiger partial charge in [0.25, 0.3) is 0 Å². The largest absolute Gasteiger partial charge is 0.228 e. The molecule has 0 saturated heterocycles. The third-order valence-electron chi connectivity index (χ3n) is 11.3. The number of aromatic nitrogens is 2. The van der Waals surface area contributed by atoms with Gasteiger partial charge in [0.2, 0.25) is 0 Å². The number of hydrogen-bond acceptors (Lipinski definition) is 2. The van der Waals surface area contributed by atoms with Gasteiger partial charge in [-0.1, -0.05) is 200 Å². The standard InChI is InChI=1S/C54H34N2/c1-3-13-38(14-4-1)50-34-51(56-54(55-50)41-15-5-2-6-16-41)39-26-28-40(29-27-39)52-43-17-8-7-12-35(43)30-31-44(52)37-24-22-36(23-25-37)42-32-33-49-46-19-10-9-18-45(46)48-21-11-20-47(42)53(48)49/h1-34H. The van der Waals surface area contributed by atoms with E-state index in [1.165, 1.54) is 71.6 Å². The third kappa shape index (κ3) is 5.34. The molecule has 0 spiro atoms. The SMILES string of the molecule is c1ccc(-c2cc(-c3ccc(-c4c(-c5ccc(-c6ccc7c8c(cccc68)-c6ccccc6-7)cc5)ccc5ccccc45)cc3)nc(-c3ccccc3)n2)cc1. The molecule has 11 rings (SSSR count). The van der Waals surface area contributed by atoms with Crippen LogP contribution < -0.4 is 0 Å². The molecule has 2 nitrogen and oxygen atoms in total. The summed E-state index contributed by atoms with van der Waals surface area (Å²) in [5.41, 5.74) is 17.5. The van der Waals surface area contributed by atoms with Crippen molar-refractivity contribution in [1.29, 1.82) is 0 Å². The maximum absolute atomic E-state index is 5.08. The Kier molecular flexibility index (Phi) is 7.53. The normalized spacial score (nSPS) is 11.6. The highest BCUT2D eigenvalue weighted by molar-refractivity contribution is 6.18. The van der Waals surface area contributed by atoms with Crippen molar-refractivity contribution in [2.45, 2.75) is 0 Å². The zero-order valence-corrected chi connectivity index (χ0v) is 30.5. The van der Waals surface area contributed by atoms with Gasteiger partial charge in [-0.2, -0.15) is 0 Å². The van der Waals surface area contributed by atoms with Gasteiger partial charge in [-0.15, -0.1) is 0 Å². The molecule has 0 aliphatic heterocycles.